The lowest BCUT2D eigenvalue weighted by Crippen LogP contribution is -2.53. The number of hydrogen-bond donors (Lipinski definition) is 1. The Balaban J connectivity index is 1.39. The maximum atomic E-state index is 12.9. The van der Waals surface area contributed by atoms with E-state index in [0.717, 1.165) is 43.2 Å². The van der Waals surface area contributed by atoms with Gasteiger partial charge in [0.1, 0.15) is 5.75 Å². The standard InChI is InChI=1S/C24H29N3O4/c1-17-4-9-21-20(16-17)27(23(29)24(2,3)31-21)11-10-22(28)25-18-5-7-19(8-6-18)26-12-14-30-15-13-26/h4-9,16H,10-15H2,1-3H3,(H,25,28). The molecule has 0 atom stereocenters. The molecule has 2 aliphatic rings. The fourth-order valence-electron chi connectivity index (χ4n) is 3.91. The fourth-order valence-corrected chi connectivity index (χ4v) is 3.91. The van der Waals surface area contributed by atoms with Gasteiger partial charge < -0.3 is 24.6 Å². The summed E-state index contributed by atoms with van der Waals surface area (Å²) < 4.78 is 11.3. The Morgan fingerprint density at radius 3 is 2.52 bits per heavy atom. The number of anilines is 3. The summed E-state index contributed by atoms with van der Waals surface area (Å²) in [5.74, 6) is 0.382. The van der Waals surface area contributed by atoms with E-state index in [-0.39, 0.29) is 18.2 Å². The molecular formula is C24H29N3O4. The summed E-state index contributed by atoms with van der Waals surface area (Å²) in [4.78, 5) is 29.4. The van der Waals surface area contributed by atoms with Crippen molar-refractivity contribution in [3.05, 3.63) is 48.0 Å². The first kappa shape index (κ1) is 21.2. The Hall–Kier alpha value is -3.06. The molecule has 0 bridgehead atoms. The quantitative estimate of drug-likeness (QED) is 0.799. The summed E-state index contributed by atoms with van der Waals surface area (Å²) in [6.07, 6.45) is 0.195. The van der Waals surface area contributed by atoms with Crippen molar-refractivity contribution < 1.29 is 19.1 Å². The smallest absolute Gasteiger partial charge is 0.270 e. The lowest BCUT2D eigenvalue weighted by atomic mass is 10.0. The van der Waals surface area contributed by atoms with E-state index in [0.29, 0.717) is 18.0 Å². The predicted octanol–water partition coefficient (Wildman–Crippen LogP) is 3.36. The number of morpholine rings is 1. The number of benzene rings is 2. The SMILES string of the molecule is Cc1ccc2c(c1)N(CCC(=O)Nc1ccc(N3CCOCC3)cc1)C(=O)C(C)(C)O2. The first-order chi connectivity index (χ1) is 14.8. The number of aryl methyl sites for hydroxylation is 1. The second-order valence-electron chi connectivity index (χ2n) is 8.48. The van der Waals surface area contributed by atoms with Crippen molar-refractivity contribution in [1.82, 2.24) is 0 Å². The summed E-state index contributed by atoms with van der Waals surface area (Å²) in [7, 11) is 0. The van der Waals surface area contributed by atoms with E-state index in [9.17, 15) is 9.59 Å². The van der Waals surface area contributed by atoms with Crippen LogP contribution in [-0.4, -0.2) is 50.3 Å². The normalized spacial score (nSPS) is 17.7. The average Bonchev–Trinajstić information content (AvgIpc) is 2.76. The van der Waals surface area contributed by atoms with E-state index < -0.39 is 5.60 Å². The first-order valence-corrected chi connectivity index (χ1v) is 10.7. The number of ether oxygens (including phenoxy) is 2. The van der Waals surface area contributed by atoms with Gasteiger partial charge in [-0.25, -0.2) is 0 Å². The van der Waals surface area contributed by atoms with Crippen molar-refractivity contribution in [2.24, 2.45) is 0 Å². The summed E-state index contributed by atoms with van der Waals surface area (Å²) in [5.41, 5.74) is 2.64. The molecule has 164 valence electrons. The molecule has 2 aromatic carbocycles. The van der Waals surface area contributed by atoms with E-state index in [4.69, 9.17) is 9.47 Å². The van der Waals surface area contributed by atoms with E-state index in [1.807, 2.05) is 49.4 Å². The van der Waals surface area contributed by atoms with Gasteiger partial charge in [-0.3, -0.25) is 9.59 Å². The molecule has 1 fully saturated rings. The zero-order valence-electron chi connectivity index (χ0n) is 18.3. The molecule has 0 spiro atoms. The summed E-state index contributed by atoms with van der Waals surface area (Å²) in [6, 6.07) is 13.6. The Morgan fingerprint density at radius 2 is 1.81 bits per heavy atom. The highest BCUT2D eigenvalue weighted by Crippen LogP contribution is 2.38. The highest BCUT2D eigenvalue weighted by atomic mass is 16.5. The van der Waals surface area contributed by atoms with Gasteiger partial charge in [-0.2, -0.15) is 0 Å². The molecule has 0 saturated carbocycles. The topological polar surface area (TPSA) is 71.1 Å². The number of rotatable bonds is 5. The highest BCUT2D eigenvalue weighted by molar-refractivity contribution is 6.03. The van der Waals surface area contributed by atoms with Gasteiger partial charge in [-0.1, -0.05) is 6.07 Å². The number of hydrogen-bond acceptors (Lipinski definition) is 5. The third kappa shape index (κ3) is 4.66. The van der Waals surface area contributed by atoms with Gasteiger partial charge in [0.25, 0.3) is 5.91 Å². The maximum absolute atomic E-state index is 12.9. The van der Waals surface area contributed by atoms with Gasteiger partial charge in [-0.05, 0) is 62.7 Å². The third-order valence-corrected chi connectivity index (χ3v) is 5.62. The first-order valence-electron chi connectivity index (χ1n) is 10.7. The second kappa shape index (κ2) is 8.59. The number of amides is 2. The molecule has 0 unspecified atom stereocenters. The lowest BCUT2D eigenvalue weighted by molar-refractivity contribution is -0.132. The maximum Gasteiger partial charge on any atom is 0.270 e. The lowest BCUT2D eigenvalue weighted by Gasteiger charge is -2.38. The molecule has 4 rings (SSSR count). The predicted molar refractivity (Wildman–Crippen MR) is 121 cm³/mol. The molecule has 2 aromatic rings. The monoisotopic (exact) mass is 423 g/mol. The fraction of sp³-hybridized carbons (Fsp3) is 0.417. The number of carbonyl (C=O) groups excluding carboxylic acids is 2. The zero-order valence-corrected chi connectivity index (χ0v) is 18.3. The summed E-state index contributed by atoms with van der Waals surface area (Å²) >= 11 is 0. The van der Waals surface area contributed by atoms with Crippen molar-refractivity contribution in [2.75, 3.05) is 48.0 Å². The Kier molecular flexibility index (Phi) is 5.87. The molecule has 7 nitrogen and oxygen atoms in total. The van der Waals surface area contributed by atoms with E-state index in [2.05, 4.69) is 10.2 Å². The van der Waals surface area contributed by atoms with Crippen LogP contribution in [0.15, 0.2) is 42.5 Å². The van der Waals surface area contributed by atoms with Crippen LogP contribution in [0.4, 0.5) is 17.1 Å². The van der Waals surface area contributed by atoms with E-state index >= 15 is 0 Å². The number of fused-ring (bicyclic) bond motifs is 1. The van der Waals surface area contributed by atoms with Crippen molar-refractivity contribution in [3.63, 3.8) is 0 Å². The molecule has 2 amide bonds. The number of nitrogens with zero attached hydrogens (tertiary/aromatic N) is 2. The molecule has 2 heterocycles. The van der Waals surface area contributed by atoms with Gasteiger partial charge in [0.15, 0.2) is 5.60 Å². The molecule has 1 saturated heterocycles. The van der Waals surface area contributed by atoms with Crippen LogP contribution in [0.5, 0.6) is 5.75 Å². The molecule has 31 heavy (non-hydrogen) atoms. The largest absolute Gasteiger partial charge is 0.476 e. The van der Waals surface area contributed by atoms with E-state index in [1.54, 1.807) is 18.7 Å². The third-order valence-electron chi connectivity index (χ3n) is 5.62. The Morgan fingerprint density at radius 1 is 1.10 bits per heavy atom. The van der Waals surface area contributed by atoms with Crippen LogP contribution in [0.3, 0.4) is 0 Å². The van der Waals surface area contributed by atoms with Crippen LogP contribution in [0.1, 0.15) is 25.8 Å². The van der Waals surface area contributed by atoms with Crippen molar-refractivity contribution in [1.29, 1.82) is 0 Å². The van der Waals surface area contributed by atoms with Gasteiger partial charge >= 0.3 is 0 Å². The molecule has 0 radical (unpaired) electrons. The zero-order chi connectivity index (χ0) is 22.0. The van der Waals surface area contributed by atoms with E-state index in [1.165, 1.54) is 0 Å². The second-order valence-corrected chi connectivity index (χ2v) is 8.48. The molecule has 7 heteroatoms. The minimum absolute atomic E-state index is 0.134. The molecule has 0 aliphatic carbocycles. The minimum Gasteiger partial charge on any atom is -0.476 e. The highest BCUT2D eigenvalue weighted by Gasteiger charge is 2.40. The van der Waals surface area contributed by atoms with Crippen molar-refractivity contribution in [3.8, 4) is 5.75 Å². The van der Waals surface area contributed by atoms with Gasteiger partial charge in [0.05, 0.1) is 18.9 Å². The van der Waals surface area contributed by atoms with Crippen molar-refractivity contribution >= 4 is 28.9 Å². The minimum atomic E-state index is -0.964. The summed E-state index contributed by atoms with van der Waals surface area (Å²) in [5, 5.41) is 2.93. The number of carbonyl (C=O) groups is 2. The van der Waals surface area contributed by atoms with Gasteiger partial charge in [0, 0.05) is 37.4 Å². The van der Waals surface area contributed by atoms with Crippen LogP contribution >= 0.6 is 0 Å². The van der Waals surface area contributed by atoms with Crippen LogP contribution in [-0.2, 0) is 14.3 Å². The van der Waals surface area contributed by atoms with Crippen LogP contribution < -0.4 is 19.9 Å². The van der Waals surface area contributed by atoms with Gasteiger partial charge in [0.2, 0.25) is 5.91 Å². The average molecular weight is 424 g/mol. The van der Waals surface area contributed by atoms with Crippen LogP contribution in [0, 0.1) is 6.92 Å². The van der Waals surface area contributed by atoms with Crippen LogP contribution in [0.25, 0.3) is 0 Å². The van der Waals surface area contributed by atoms with Gasteiger partial charge in [-0.15, -0.1) is 0 Å². The number of nitrogens with one attached hydrogen (secondary N) is 1. The molecule has 0 aromatic heterocycles. The molecule has 2 aliphatic heterocycles. The Labute approximate surface area is 182 Å². The molecule has 1 N–H and O–H groups in total. The van der Waals surface area contributed by atoms with Crippen LogP contribution in [0.2, 0.25) is 0 Å². The Bertz CT molecular complexity index is 965. The van der Waals surface area contributed by atoms with Crippen molar-refractivity contribution in [2.45, 2.75) is 32.8 Å². The molecular weight excluding hydrogens is 394 g/mol. The summed E-state index contributed by atoms with van der Waals surface area (Å²) in [6.45, 7) is 8.97.